The average molecular weight is 204 g/mol. The molecule has 0 aliphatic heterocycles. The third kappa shape index (κ3) is 0.762. The molecule has 15 heavy (non-hydrogen) atoms. The van der Waals surface area contributed by atoms with Crippen molar-refractivity contribution in [2.45, 2.75) is 51.6 Å². The molecule has 0 aromatic heterocycles. The van der Waals surface area contributed by atoms with Gasteiger partial charge in [0.25, 0.3) is 0 Å². The summed E-state index contributed by atoms with van der Waals surface area (Å²) in [5, 5.41) is 10.6. The second-order valence-corrected chi connectivity index (χ2v) is 6.37. The highest BCUT2D eigenvalue weighted by Gasteiger charge is 2.77. The van der Waals surface area contributed by atoms with Crippen molar-refractivity contribution in [3.05, 3.63) is 0 Å². The molecule has 0 aromatic rings. The quantitative estimate of drug-likeness (QED) is 0.601. The summed E-state index contributed by atoms with van der Waals surface area (Å²) in [6.07, 6.45) is 11.4. The third-order valence-electron chi connectivity index (χ3n) is 6.02. The van der Waals surface area contributed by atoms with Crippen LogP contribution in [0.1, 0.15) is 46.0 Å². The lowest BCUT2D eigenvalue weighted by atomic mass is 9.41. The number of hydrogen-bond donors (Lipinski definition) is 1. The summed E-state index contributed by atoms with van der Waals surface area (Å²) in [5.74, 6) is 4.15. The van der Waals surface area contributed by atoms with Crippen LogP contribution in [-0.4, -0.2) is 10.7 Å². The van der Waals surface area contributed by atoms with Crippen LogP contribution in [0.4, 0.5) is 0 Å². The van der Waals surface area contributed by atoms with Crippen molar-refractivity contribution in [1.82, 2.24) is 0 Å². The van der Waals surface area contributed by atoms with Gasteiger partial charge in [-0.15, -0.1) is 6.42 Å². The van der Waals surface area contributed by atoms with Gasteiger partial charge in [0.15, 0.2) is 0 Å². The van der Waals surface area contributed by atoms with Crippen molar-refractivity contribution in [3.8, 4) is 12.3 Å². The first-order valence-electron chi connectivity index (χ1n) is 6.19. The van der Waals surface area contributed by atoms with E-state index in [1.807, 2.05) is 0 Å². The summed E-state index contributed by atoms with van der Waals surface area (Å²) in [5.41, 5.74) is -0.370. The highest BCUT2D eigenvalue weighted by molar-refractivity contribution is 5.35. The van der Waals surface area contributed by atoms with Gasteiger partial charge in [-0.2, -0.15) is 0 Å². The molecule has 3 rings (SSSR count). The van der Waals surface area contributed by atoms with Gasteiger partial charge in [-0.05, 0) is 49.4 Å². The van der Waals surface area contributed by atoms with Crippen LogP contribution >= 0.6 is 0 Å². The smallest absolute Gasteiger partial charge is 0.132 e. The topological polar surface area (TPSA) is 20.2 Å². The van der Waals surface area contributed by atoms with Crippen LogP contribution in [0.25, 0.3) is 0 Å². The molecular formula is C14H20O. The zero-order chi connectivity index (χ0) is 10.9. The summed E-state index contributed by atoms with van der Waals surface area (Å²) in [7, 11) is 0. The van der Waals surface area contributed by atoms with E-state index in [1.54, 1.807) is 0 Å². The van der Waals surface area contributed by atoms with E-state index in [-0.39, 0.29) is 5.41 Å². The van der Waals surface area contributed by atoms with Crippen molar-refractivity contribution >= 4 is 0 Å². The van der Waals surface area contributed by atoms with E-state index < -0.39 is 5.60 Å². The SMILES string of the molecule is C#CC1(O)C[C@]2(C)CC[C@H]3[C@H](C)CC[C@@]312. The minimum absolute atomic E-state index is 0.0775. The fraction of sp³-hybridized carbons (Fsp3) is 0.857. The molecule has 0 radical (unpaired) electrons. The van der Waals surface area contributed by atoms with Gasteiger partial charge in [-0.1, -0.05) is 19.8 Å². The van der Waals surface area contributed by atoms with Gasteiger partial charge in [0, 0.05) is 5.41 Å². The molecule has 0 heterocycles. The zero-order valence-corrected chi connectivity index (χ0v) is 9.71. The van der Waals surface area contributed by atoms with Crippen molar-refractivity contribution in [2.75, 3.05) is 0 Å². The van der Waals surface area contributed by atoms with Crippen LogP contribution in [0.15, 0.2) is 0 Å². The number of aliphatic hydroxyl groups is 1. The Morgan fingerprint density at radius 3 is 2.73 bits per heavy atom. The Morgan fingerprint density at radius 2 is 2.07 bits per heavy atom. The van der Waals surface area contributed by atoms with Crippen LogP contribution in [0.2, 0.25) is 0 Å². The summed E-state index contributed by atoms with van der Waals surface area (Å²) in [4.78, 5) is 0. The first-order chi connectivity index (χ1) is 6.99. The predicted molar refractivity (Wildman–Crippen MR) is 60.1 cm³/mol. The molecule has 3 aliphatic carbocycles. The lowest BCUT2D eigenvalue weighted by Gasteiger charge is -2.64. The summed E-state index contributed by atoms with van der Waals surface area (Å²) in [6.45, 7) is 4.68. The Morgan fingerprint density at radius 1 is 1.33 bits per heavy atom. The maximum Gasteiger partial charge on any atom is 0.132 e. The van der Waals surface area contributed by atoms with Crippen LogP contribution in [-0.2, 0) is 0 Å². The van der Waals surface area contributed by atoms with Gasteiger partial charge in [-0.3, -0.25) is 0 Å². The fourth-order valence-electron chi connectivity index (χ4n) is 5.36. The zero-order valence-electron chi connectivity index (χ0n) is 9.71. The molecule has 1 spiro atoms. The summed E-state index contributed by atoms with van der Waals surface area (Å²) < 4.78 is 0. The van der Waals surface area contributed by atoms with Crippen LogP contribution in [0, 0.1) is 35.0 Å². The molecule has 0 amide bonds. The molecular weight excluding hydrogens is 184 g/mol. The largest absolute Gasteiger partial charge is 0.377 e. The number of rotatable bonds is 0. The van der Waals surface area contributed by atoms with Gasteiger partial charge in [0.05, 0.1) is 0 Å². The Hall–Kier alpha value is -0.480. The maximum absolute atomic E-state index is 10.6. The molecule has 3 saturated carbocycles. The molecule has 1 N–H and O–H groups in total. The summed E-state index contributed by atoms with van der Waals surface area (Å²) in [6, 6.07) is 0. The first kappa shape index (κ1) is 9.73. The highest BCUT2D eigenvalue weighted by Crippen LogP contribution is 2.78. The van der Waals surface area contributed by atoms with E-state index in [9.17, 15) is 5.11 Å². The Labute approximate surface area is 92.3 Å². The average Bonchev–Trinajstić information content (AvgIpc) is 2.65. The molecule has 5 atom stereocenters. The molecule has 0 saturated heterocycles. The van der Waals surface area contributed by atoms with E-state index in [4.69, 9.17) is 6.42 Å². The van der Waals surface area contributed by atoms with Crippen molar-refractivity contribution in [3.63, 3.8) is 0 Å². The molecule has 1 unspecified atom stereocenters. The molecule has 3 aliphatic rings. The maximum atomic E-state index is 10.6. The lowest BCUT2D eigenvalue weighted by molar-refractivity contribution is -0.222. The van der Waals surface area contributed by atoms with E-state index in [0.717, 1.165) is 18.8 Å². The van der Waals surface area contributed by atoms with Gasteiger partial charge in [0.1, 0.15) is 5.60 Å². The lowest BCUT2D eigenvalue weighted by Crippen LogP contribution is -2.67. The van der Waals surface area contributed by atoms with Gasteiger partial charge < -0.3 is 5.11 Å². The van der Waals surface area contributed by atoms with Crippen molar-refractivity contribution in [1.29, 1.82) is 0 Å². The van der Waals surface area contributed by atoms with Gasteiger partial charge in [0.2, 0.25) is 0 Å². The first-order valence-corrected chi connectivity index (χ1v) is 6.19. The normalized spacial score (nSPS) is 61.7. The molecule has 1 heteroatoms. The van der Waals surface area contributed by atoms with E-state index in [0.29, 0.717) is 11.3 Å². The minimum atomic E-state index is -0.784. The second kappa shape index (κ2) is 2.43. The third-order valence-corrected chi connectivity index (χ3v) is 6.02. The highest BCUT2D eigenvalue weighted by atomic mass is 16.3. The van der Waals surface area contributed by atoms with Crippen LogP contribution in [0.3, 0.4) is 0 Å². The monoisotopic (exact) mass is 204 g/mol. The van der Waals surface area contributed by atoms with Crippen molar-refractivity contribution < 1.29 is 5.11 Å². The molecule has 0 bridgehead atoms. The van der Waals surface area contributed by atoms with Crippen LogP contribution in [0.5, 0.6) is 0 Å². The fourth-order valence-corrected chi connectivity index (χ4v) is 5.36. The van der Waals surface area contributed by atoms with Crippen molar-refractivity contribution in [2.24, 2.45) is 22.7 Å². The van der Waals surface area contributed by atoms with E-state index >= 15 is 0 Å². The number of hydrogen-bond acceptors (Lipinski definition) is 1. The second-order valence-electron chi connectivity index (χ2n) is 6.37. The molecule has 3 fully saturated rings. The predicted octanol–water partition coefficient (Wildman–Crippen LogP) is 2.59. The Kier molecular flexibility index (Phi) is 1.58. The van der Waals surface area contributed by atoms with E-state index in [1.165, 1.54) is 19.3 Å². The standard InChI is InChI=1S/C14H20O/c1-4-13(15)9-12(3)7-6-11-10(2)5-8-14(11,12)13/h1,10-11,15H,5-9H2,2-3H3/t10-,11+,12+,13?,14+/m1/s1. The van der Waals surface area contributed by atoms with Gasteiger partial charge >= 0.3 is 0 Å². The molecule has 0 aromatic carbocycles. The summed E-state index contributed by atoms with van der Waals surface area (Å²) >= 11 is 0. The molecule has 82 valence electrons. The number of terminal acetylenes is 1. The minimum Gasteiger partial charge on any atom is -0.377 e. The Bertz CT molecular complexity index is 355. The molecule has 1 nitrogen and oxygen atoms in total. The van der Waals surface area contributed by atoms with Gasteiger partial charge in [-0.25, -0.2) is 0 Å². The van der Waals surface area contributed by atoms with Crippen LogP contribution < -0.4 is 0 Å². The Balaban J connectivity index is 2.10. The van der Waals surface area contributed by atoms with E-state index in [2.05, 4.69) is 19.8 Å².